The Balaban J connectivity index is 1.99. The molecule has 0 aliphatic carbocycles. The second-order valence-electron chi connectivity index (χ2n) is 5.18. The van der Waals surface area contributed by atoms with E-state index >= 15 is 0 Å². The Labute approximate surface area is 130 Å². The highest BCUT2D eigenvalue weighted by Gasteiger charge is 2.13. The molecule has 1 aromatic carbocycles. The van der Waals surface area contributed by atoms with Crippen molar-refractivity contribution in [2.75, 3.05) is 32.5 Å². The Morgan fingerprint density at radius 2 is 2.14 bits per heavy atom. The van der Waals surface area contributed by atoms with Crippen LogP contribution in [-0.2, 0) is 6.61 Å². The lowest BCUT2D eigenvalue weighted by molar-refractivity contribution is 0.263. The number of nitrogens with zero attached hydrogens (tertiary/aromatic N) is 3. The summed E-state index contributed by atoms with van der Waals surface area (Å²) in [7, 11) is 3.96. The lowest BCUT2D eigenvalue weighted by Crippen LogP contribution is -2.20. The molecule has 0 amide bonds. The molecule has 2 aromatic rings. The molecular formula is C16H20N4O2. The highest BCUT2D eigenvalue weighted by molar-refractivity contribution is 5.45. The summed E-state index contributed by atoms with van der Waals surface area (Å²) in [5.74, 6) is 1.56. The topological polar surface area (TPSA) is 74.3 Å². The molecule has 0 spiro atoms. The first-order valence-corrected chi connectivity index (χ1v) is 7.07. The van der Waals surface area contributed by atoms with E-state index in [0.717, 1.165) is 17.9 Å². The van der Waals surface area contributed by atoms with Gasteiger partial charge >= 0.3 is 0 Å². The molecule has 1 heterocycles. The maximum Gasteiger partial charge on any atom is 0.236 e. The van der Waals surface area contributed by atoms with Gasteiger partial charge in [0.05, 0.1) is 0 Å². The predicted molar refractivity (Wildman–Crippen MR) is 83.8 cm³/mol. The number of aryl methyl sites for hydroxylation is 1. The van der Waals surface area contributed by atoms with Gasteiger partial charge in [0, 0.05) is 13.1 Å². The molecule has 116 valence electrons. The van der Waals surface area contributed by atoms with E-state index < -0.39 is 0 Å². The van der Waals surface area contributed by atoms with Crippen molar-refractivity contribution < 1.29 is 9.15 Å². The number of benzene rings is 1. The number of oxazole rings is 1. The lowest BCUT2D eigenvalue weighted by Gasteiger charge is -2.09. The van der Waals surface area contributed by atoms with Gasteiger partial charge in [0.1, 0.15) is 11.8 Å². The van der Waals surface area contributed by atoms with Gasteiger partial charge in [-0.25, -0.2) is 0 Å². The Morgan fingerprint density at radius 1 is 1.36 bits per heavy atom. The number of nitrogens with one attached hydrogen (secondary N) is 1. The lowest BCUT2D eigenvalue weighted by atomic mass is 10.2. The number of para-hydroxylation sites is 1. The number of hydrogen-bond donors (Lipinski definition) is 1. The van der Waals surface area contributed by atoms with Crippen LogP contribution in [0.15, 0.2) is 28.7 Å². The fraction of sp³-hybridized carbons (Fsp3) is 0.375. The van der Waals surface area contributed by atoms with Gasteiger partial charge in [-0.15, -0.1) is 0 Å². The Kier molecular flexibility index (Phi) is 5.39. The van der Waals surface area contributed by atoms with E-state index in [1.165, 1.54) is 0 Å². The third-order valence-electron chi connectivity index (χ3n) is 3.07. The monoisotopic (exact) mass is 300 g/mol. The molecule has 0 aliphatic rings. The molecule has 0 atom stereocenters. The average Bonchev–Trinajstić information content (AvgIpc) is 2.88. The van der Waals surface area contributed by atoms with Gasteiger partial charge in [0.25, 0.3) is 0 Å². The van der Waals surface area contributed by atoms with Crippen molar-refractivity contribution in [2.45, 2.75) is 13.5 Å². The molecule has 1 aromatic heterocycles. The molecule has 6 heteroatoms. The molecule has 0 radical (unpaired) electrons. The van der Waals surface area contributed by atoms with Crippen LogP contribution in [0.1, 0.15) is 17.1 Å². The Bertz CT molecular complexity index is 658. The van der Waals surface area contributed by atoms with Crippen molar-refractivity contribution in [3.63, 3.8) is 0 Å². The zero-order valence-electron chi connectivity index (χ0n) is 13.1. The van der Waals surface area contributed by atoms with E-state index in [0.29, 0.717) is 18.3 Å². The maximum absolute atomic E-state index is 9.11. The summed E-state index contributed by atoms with van der Waals surface area (Å²) in [4.78, 5) is 6.18. The standard InChI is InChI=1S/C16H20N4O2/c1-12-6-4-5-7-14(12)21-11-15-19-13(10-17)16(22-15)18-8-9-20(2)3/h4-7,18H,8-9,11H2,1-3H3. The van der Waals surface area contributed by atoms with Gasteiger partial charge in [-0.05, 0) is 32.6 Å². The molecular weight excluding hydrogens is 280 g/mol. The van der Waals surface area contributed by atoms with Gasteiger partial charge in [-0.1, -0.05) is 18.2 Å². The summed E-state index contributed by atoms with van der Waals surface area (Å²) in [6.07, 6.45) is 0. The van der Waals surface area contributed by atoms with Crippen LogP contribution in [0.5, 0.6) is 5.75 Å². The van der Waals surface area contributed by atoms with Gasteiger partial charge in [-0.2, -0.15) is 10.2 Å². The summed E-state index contributed by atoms with van der Waals surface area (Å²) >= 11 is 0. The minimum Gasteiger partial charge on any atom is -0.484 e. The van der Waals surface area contributed by atoms with Crippen LogP contribution < -0.4 is 10.1 Å². The molecule has 0 bridgehead atoms. The predicted octanol–water partition coefficient (Wildman–Crippen LogP) is 2.41. The highest BCUT2D eigenvalue weighted by atomic mass is 16.5. The van der Waals surface area contributed by atoms with Crippen LogP contribution in [0.2, 0.25) is 0 Å². The van der Waals surface area contributed by atoms with Crippen LogP contribution in [0.25, 0.3) is 0 Å². The first-order chi connectivity index (χ1) is 10.6. The van der Waals surface area contributed by atoms with Crippen LogP contribution in [0.3, 0.4) is 0 Å². The number of nitriles is 1. The number of anilines is 1. The molecule has 0 aliphatic heterocycles. The minimum atomic E-state index is 0.189. The van der Waals surface area contributed by atoms with Crippen molar-refractivity contribution in [2.24, 2.45) is 0 Å². The van der Waals surface area contributed by atoms with Crippen LogP contribution in [0, 0.1) is 18.3 Å². The third-order valence-corrected chi connectivity index (χ3v) is 3.07. The zero-order chi connectivity index (χ0) is 15.9. The van der Waals surface area contributed by atoms with Gasteiger partial charge in [0.2, 0.25) is 17.5 Å². The molecule has 1 N–H and O–H groups in total. The summed E-state index contributed by atoms with van der Waals surface area (Å²) in [6.45, 7) is 3.67. The summed E-state index contributed by atoms with van der Waals surface area (Å²) in [6, 6.07) is 9.75. The largest absolute Gasteiger partial charge is 0.484 e. The molecule has 0 saturated heterocycles. The number of likely N-dealkylation sites (N-methyl/N-ethyl adjacent to an activating group) is 1. The quantitative estimate of drug-likeness (QED) is 0.846. The van der Waals surface area contributed by atoms with Crippen molar-refractivity contribution >= 4 is 5.88 Å². The summed E-state index contributed by atoms with van der Waals surface area (Å²) in [5, 5.41) is 12.2. The molecule has 2 rings (SSSR count). The van der Waals surface area contributed by atoms with Crippen molar-refractivity contribution in [1.29, 1.82) is 5.26 Å². The third kappa shape index (κ3) is 4.24. The first kappa shape index (κ1) is 15.9. The van der Waals surface area contributed by atoms with Gasteiger partial charge in [-0.3, -0.25) is 0 Å². The minimum absolute atomic E-state index is 0.189. The zero-order valence-corrected chi connectivity index (χ0v) is 13.1. The molecule has 6 nitrogen and oxygen atoms in total. The second kappa shape index (κ2) is 7.48. The fourth-order valence-corrected chi connectivity index (χ4v) is 1.87. The summed E-state index contributed by atoms with van der Waals surface area (Å²) < 4.78 is 11.2. The SMILES string of the molecule is Cc1ccccc1OCc1nc(C#N)c(NCCN(C)C)o1. The number of hydrogen-bond acceptors (Lipinski definition) is 6. The Hall–Kier alpha value is -2.52. The van der Waals surface area contributed by atoms with Gasteiger partial charge < -0.3 is 19.4 Å². The average molecular weight is 300 g/mol. The Morgan fingerprint density at radius 3 is 2.82 bits per heavy atom. The normalized spacial score (nSPS) is 10.5. The van der Waals surface area contributed by atoms with Crippen LogP contribution in [0.4, 0.5) is 5.88 Å². The van der Waals surface area contributed by atoms with E-state index in [1.807, 2.05) is 56.3 Å². The van der Waals surface area contributed by atoms with E-state index in [2.05, 4.69) is 10.3 Å². The first-order valence-electron chi connectivity index (χ1n) is 7.07. The number of ether oxygens (including phenoxy) is 1. The molecule has 22 heavy (non-hydrogen) atoms. The van der Waals surface area contributed by atoms with Crippen LogP contribution in [-0.4, -0.2) is 37.1 Å². The number of aromatic nitrogens is 1. The fourth-order valence-electron chi connectivity index (χ4n) is 1.87. The van der Waals surface area contributed by atoms with E-state index in [9.17, 15) is 0 Å². The number of rotatable bonds is 7. The molecule has 0 saturated carbocycles. The van der Waals surface area contributed by atoms with Crippen LogP contribution >= 0.6 is 0 Å². The highest BCUT2D eigenvalue weighted by Crippen LogP contribution is 2.20. The maximum atomic E-state index is 9.11. The van der Waals surface area contributed by atoms with E-state index in [4.69, 9.17) is 14.4 Å². The molecule has 0 unspecified atom stereocenters. The second-order valence-corrected chi connectivity index (χ2v) is 5.18. The molecule has 0 fully saturated rings. The van der Waals surface area contributed by atoms with Crippen molar-refractivity contribution in [3.8, 4) is 11.8 Å². The van der Waals surface area contributed by atoms with E-state index in [-0.39, 0.29) is 12.3 Å². The van der Waals surface area contributed by atoms with Crippen molar-refractivity contribution in [3.05, 3.63) is 41.4 Å². The van der Waals surface area contributed by atoms with Gasteiger partial charge in [0.15, 0.2) is 6.61 Å². The van der Waals surface area contributed by atoms with Crippen molar-refractivity contribution in [1.82, 2.24) is 9.88 Å². The smallest absolute Gasteiger partial charge is 0.236 e. The summed E-state index contributed by atoms with van der Waals surface area (Å²) in [5.41, 5.74) is 1.29. The van der Waals surface area contributed by atoms with E-state index in [1.54, 1.807) is 0 Å².